The van der Waals surface area contributed by atoms with Gasteiger partial charge in [0, 0.05) is 26.1 Å². The summed E-state index contributed by atoms with van der Waals surface area (Å²) in [4.78, 5) is 30.8. The van der Waals surface area contributed by atoms with Crippen molar-refractivity contribution >= 4 is 23.2 Å². The third-order valence-corrected chi connectivity index (χ3v) is 2.63. The summed E-state index contributed by atoms with van der Waals surface area (Å²) in [6, 6.07) is 0. The van der Waals surface area contributed by atoms with Crippen molar-refractivity contribution < 1.29 is 9.72 Å². The fourth-order valence-corrected chi connectivity index (χ4v) is 1.77. The van der Waals surface area contributed by atoms with E-state index in [1.165, 1.54) is 6.33 Å². The summed E-state index contributed by atoms with van der Waals surface area (Å²) < 4.78 is 0. The number of carbonyl (C=O) groups excluding carboxylic acids is 1. The van der Waals surface area contributed by atoms with Crippen LogP contribution in [0, 0.1) is 10.1 Å². The SMILES string of the molecule is Nc1ncnc(N2CCNC(=O)CC2)c1[N+](=O)[O-]. The molecule has 1 amide bonds. The number of aromatic nitrogens is 2. The van der Waals surface area contributed by atoms with Gasteiger partial charge in [-0.2, -0.15) is 0 Å². The van der Waals surface area contributed by atoms with Crippen molar-refractivity contribution in [3.8, 4) is 0 Å². The van der Waals surface area contributed by atoms with E-state index in [1.807, 2.05) is 0 Å². The van der Waals surface area contributed by atoms with Crippen molar-refractivity contribution in [1.29, 1.82) is 0 Å². The Labute approximate surface area is 102 Å². The molecule has 1 aromatic heterocycles. The summed E-state index contributed by atoms with van der Waals surface area (Å²) in [6.07, 6.45) is 1.44. The molecular formula is C9H12N6O3. The lowest BCUT2D eigenvalue weighted by Gasteiger charge is -2.20. The zero-order valence-corrected chi connectivity index (χ0v) is 9.50. The highest BCUT2D eigenvalue weighted by Gasteiger charge is 2.26. The molecule has 9 nitrogen and oxygen atoms in total. The van der Waals surface area contributed by atoms with E-state index >= 15 is 0 Å². The van der Waals surface area contributed by atoms with Crippen LogP contribution < -0.4 is 16.0 Å². The number of nitrogen functional groups attached to an aromatic ring is 1. The Morgan fingerprint density at radius 3 is 2.94 bits per heavy atom. The van der Waals surface area contributed by atoms with Crippen LogP contribution in [-0.4, -0.2) is 40.4 Å². The van der Waals surface area contributed by atoms with E-state index in [0.29, 0.717) is 19.6 Å². The van der Waals surface area contributed by atoms with Gasteiger partial charge in [0.15, 0.2) is 0 Å². The van der Waals surface area contributed by atoms with Gasteiger partial charge in [-0.3, -0.25) is 14.9 Å². The van der Waals surface area contributed by atoms with Crippen LogP contribution in [0.1, 0.15) is 6.42 Å². The quantitative estimate of drug-likeness (QED) is 0.525. The van der Waals surface area contributed by atoms with Gasteiger partial charge in [0.2, 0.25) is 17.5 Å². The molecule has 1 aliphatic heterocycles. The summed E-state index contributed by atoms with van der Waals surface area (Å²) in [6.45, 7) is 1.23. The lowest BCUT2D eigenvalue weighted by molar-refractivity contribution is -0.383. The lowest BCUT2D eigenvalue weighted by atomic mass is 10.3. The Hall–Kier alpha value is -2.45. The Morgan fingerprint density at radius 2 is 2.22 bits per heavy atom. The second kappa shape index (κ2) is 4.82. The average Bonchev–Trinajstić information content (AvgIpc) is 2.53. The minimum absolute atomic E-state index is 0.0813. The number of amides is 1. The maximum Gasteiger partial charge on any atom is 0.353 e. The van der Waals surface area contributed by atoms with Gasteiger partial charge < -0.3 is 16.0 Å². The summed E-state index contributed by atoms with van der Waals surface area (Å²) in [5, 5.41) is 13.7. The van der Waals surface area contributed by atoms with Gasteiger partial charge in [-0.05, 0) is 0 Å². The third-order valence-electron chi connectivity index (χ3n) is 2.63. The summed E-state index contributed by atoms with van der Waals surface area (Å²) in [5.41, 5.74) is 5.18. The molecule has 1 aromatic rings. The van der Waals surface area contributed by atoms with Gasteiger partial charge in [0.1, 0.15) is 6.33 Å². The van der Waals surface area contributed by atoms with E-state index < -0.39 is 4.92 Å². The normalized spacial score (nSPS) is 16.0. The molecule has 0 unspecified atom stereocenters. The van der Waals surface area contributed by atoms with Gasteiger partial charge in [-0.15, -0.1) is 0 Å². The van der Waals surface area contributed by atoms with Crippen LogP contribution in [0.4, 0.5) is 17.3 Å². The predicted molar refractivity (Wildman–Crippen MR) is 62.9 cm³/mol. The minimum Gasteiger partial charge on any atom is -0.378 e. The Bertz CT molecular complexity index is 491. The van der Waals surface area contributed by atoms with Crippen LogP contribution in [-0.2, 0) is 4.79 Å². The molecular weight excluding hydrogens is 240 g/mol. The summed E-state index contributed by atoms with van der Waals surface area (Å²) >= 11 is 0. The average molecular weight is 252 g/mol. The van der Waals surface area contributed by atoms with Gasteiger partial charge in [0.25, 0.3) is 0 Å². The van der Waals surface area contributed by atoms with Crippen LogP contribution in [0.5, 0.6) is 0 Å². The first-order valence-corrected chi connectivity index (χ1v) is 5.36. The second-order valence-corrected chi connectivity index (χ2v) is 3.78. The highest BCUT2D eigenvalue weighted by molar-refractivity contribution is 5.78. The number of nitrogens with zero attached hydrogens (tertiary/aromatic N) is 4. The molecule has 0 aromatic carbocycles. The molecule has 0 aliphatic carbocycles. The van der Waals surface area contributed by atoms with E-state index in [-0.39, 0.29) is 29.7 Å². The topological polar surface area (TPSA) is 127 Å². The molecule has 3 N–H and O–H groups in total. The Kier molecular flexibility index (Phi) is 3.22. The number of rotatable bonds is 2. The highest BCUT2D eigenvalue weighted by atomic mass is 16.6. The standard InChI is InChI=1S/C9H12N6O3/c10-8-7(15(17)18)9(13-5-12-8)14-3-1-6(16)11-2-4-14/h5H,1-4H2,(H,11,16)(H2,10,12,13). The number of hydrogen-bond acceptors (Lipinski definition) is 7. The van der Waals surface area contributed by atoms with E-state index in [0.717, 1.165) is 0 Å². The molecule has 2 heterocycles. The van der Waals surface area contributed by atoms with Crippen molar-refractivity contribution in [1.82, 2.24) is 15.3 Å². The van der Waals surface area contributed by atoms with Gasteiger partial charge in [-0.25, -0.2) is 9.97 Å². The third kappa shape index (κ3) is 2.29. The first-order valence-electron chi connectivity index (χ1n) is 5.36. The molecule has 0 radical (unpaired) electrons. The monoisotopic (exact) mass is 252 g/mol. The molecule has 0 bridgehead atoms. The highest BCUT2D eigenvalue weighted by Crippen LogP contribution is 2.29. The van der Waals surface area contributed by atoms with Crippen LogP contribution in [0.2, 0.25) is 0 Å². The van der Waals surface area contributed by atoms with Crippen LogP contribution in [0.15, 0.2) is 6.33 Å². The van der Waals surface area contributed by atoms with Crippen molar-refractivity contribution in [2.45, 2.75) is 6.42 Å². The van der Waals surface area contributed by atoms with E-state index in [4.69, 9.17) is 5.73 Å². The Balaban J connectivity index is 2.35. The predicted octanol–water partition coefficient (Wildman–Crippen LogP) is -0.707. The van der Waals surface area contributed by atoms with Crippen molar-refractivity contribution in [2.24, 2.45) is 0 Å². The first-order chi connectivity index (χ1) is 8.59. The molecule has 1 saturated heterocycles. The van der Waals surface area contributed by atoms with Crippen LogP contribution in [0.3, 0.4) is 0 Å². The van der Waals surface area contributed by atoms with E-state index in [9.17, 15) is 14.9 Å². The maximum atomic E-state index is 11.2. The van der Waals surface area contributed by atoms with Crippen LogP contribution >= 0.6 is 0 Å². The molecule has 96 valence electrons. The lowest BCUT2D eigenvalue weighted by Crippen LogP contribution is -2.29. The largest absolute Gasteiger partial charge is 0.378 e. The fraction of sp³-hybridized carbons (Fsp3) is 0.444. The Morgan fingerprint density at radius 1 is 1.44 bits per heavy atom. The molecule has 1 fully saturated rings. The first kappa shape index (κ1) is 12.0. The summed E-state index contributed by atoms with van der Waals surface area (Å²) in [5.74, 6) is -0.0975. The van der Waals surface area contributed by atoms with Gasteiger partial charge in [-0.1, -0.05) is 0 Å². The van der Waals surface area contributed by atoms with Crippen molar-refractivity contribution in [2.75, 3.05) is 30.3 Å². The van der Waals surface area contributed by atoms with Gasteiger partial charge >= 0.3 is 5.69 Å². The molecule has 0 saturated carbocycles. The number of hydrogen-bond donors (Lipinski definition) is 2. The summed E-state index contributed by atoms with van der Waals surface area (Å²) in [7, 11) is 0. The van der Waals surface area contributed by atoms with Crippen molar-refractivity contribution in [3.63, 3.8) is 0 Å². The van der Waals surface area contributed by atoms with Crippen molar-refractivity contribution in [3.05, 3.63) is 16.4 Å². The number of anilines is 2. The van der Waals surface area contributed by atoms with Crippen LogP contribution in [0.25, 0.3) is 0 Å². The zero-order chi connectivity index (χ0) is 13.1. The number of carbonyl (C=O) groups is 1. The molecule has 18 heavy (non-hydrogen) atoms. The molecule has 0 atom stereocenters. The number of nitrogens with two attached hydrogens (primary N) is 1. The van der Waals surface area contributed by atoms with Gasteiger partial charge in [0.05, 0.1) is 4.92 Å². The fourth-order valence-electron chi connectivity index (χ4n) is 1.77. The van der Waals surface area contributed by atoms with E-state index in [1.54, 1.807) is 4.90 Å². The minimum atomic E-state index is -0.606. The zero-order valence-electron chi connectivity index (χ0n) is 9.50. The van der Waals surface area contributed by atoms with E-state index in [2.05, 4.69) is 15.3 Å². The molecule has 2 rings (SSSR count). The molecule has 9 heteroatoms. The second-order valence-electron chi connectivity index (χ2n) is 3.78. The number of nitro groups is 1. The smallest absolute Gasteiger partial charge is 0.353 e. The molecule has 1 aliphatic rings. The maximum absolute atomic E-state index is 11.2. The number of nitrogens with one attached hydrogen (secondary N) is 1. The molecule has 0 spiro atoms.